The number of hydrogen-bond acceptors (Lipinski definition) is 4. The Morgan fingerprint density at radius 3 is 2.19 bits per heavy atom. The van der Waals surface area contributed by atoms with E-state index in [9.17, 15) is 9.59 Å². The normalized spacial score (nSPS) is 15.8. The van der Waals surface area contributed by atoms with Gasteiger partial charge in [-0.15, -0.1) is 11.3 Å². The van der Waals surface area contributed by atoms with Crippen LogP contribution in [0.4, 0.5) is 0 Å². The first-order valence-corrected chi connectivity index (χ1v) is 13.7. The highest BCUT2D eigenvalue weighted by atomic mass is 32.1. The SMILES string of the molecule is COc1ccc(C2c3ccsc3CCN2C(=O)CN(C(=O)c2ccc(C(C)(C)C)cc2)C(C)(C)C)cc1. The van der Waals surface area contributed by atoms with E-state index in [1.165, 1.54) is 16.0 Å². The van der Waals surface area contributed by atoms with Gasteiger partial charge in [0, 0.05) is 22.5 Å². The summed E-state index contributed by atoms with van der Waals surface area (Å²) in [6, 6.07) is 17.6. The minimum atomic E-state index is -0.519. The molecule has 1 atom stereocenters. The number of rotatable bonds is 5. The molecule has 2 heterocycles. The Labute approximate surface area is 225 Å². The highest BCUT2D eigenvalue weighted by Crippen LogP contribution is 2.38. The van der Waals surface area contributed by atoms with Crippen molar-refractivity contribution in [3.8, 4) is 5.75 Å². The number of benzene rings is 2. The Morgan fingerprint density at radius 2 is 1.62 bits per heavy atom. The zero-order valence-electron chi connectivity index (χ0n) is 23.0. The Kier molecular flexibility index (Phi) is 7.52. The van der Waals surface area contributed by atoms with Crippen LogP contribution in [0.1, 0.15) is 79.5 Å². The van der Waals surface area contributed by atoms with Crippen molar-refractivity contribution in [3.63, 3.8) is 0 Å². The second-order valence-electron chi connectivity index (χ2n) is 11.7. The predicted molar refractivity (Wildman–Crippen MR) is 151 cm³/mol. The summed E-state index contributed by atoms with van der Waals surface area (Å²) in [5.74, 6) is 0.604. The maximum Gasteiger partial charge on any atom is 0.254 e. The molecule has 2 aromatic carbocycles. The van der Waals surface area contributed by atoms with Gasteiger partial charge < -0.3 is 14.5 Å². The first-order chi connectivity index (χ1) is 17.4. The average Bonchev–Trinajstić information content (AvgIpc) is 3.34. The molecule has 0 fully saturated rings. The van der Waals surface area contributed by atoms with E-state index in [0.29, 0.717) is 12.1 Å². The van der Waals surface area contributed by atoms with Crippen LogP contribution < -0.4 is 4.74 Å². The second-order valence-corrected chi connectivity index (χ2v) is 12.7. The van der Waals surface area contributed by atoms with Crippen LogP contribution in [0.5, 0.6) is 5.75 Å². The van der Waals surface area contributed by atoms with Crippen LogP contribution in [-0.2, 0) is 16.6 Å². The molecule has 0 aliphatic carbocycles. The van der Waals surface area contributed by atoms with Gasteiger partial charge in [0.1, 0.15) is 12.3 Å². The first-order valence-electron chi connectivity index (χ1n) is 12.8. The average molecular weight is 519 g/mol. The third-order valence-corrected chi connectivity index (χ3v) is 8.06. The Balaban J connectivity index is 1.62. The molecule has 6 heteroatoms. The molecule has 0 spiro atoms. The predicted octanol–water partition coefficient (Wildman–Crippen LogP) is 6.47. The van der Waals surface area contributed by atoms with E-state index in [-0.39, 0.29) is 29.8 Å². The molecule has 196 valence electrons. The van der Waals surface area contributed by atoms with Crippen LogP contribution in [0.2, 0.25) is 0 Å². The zero-order chi connectivity index (χ0) is 27.0. The maximum atomic E-state index is 13.9. The molecule has 4 rings (SSSR count). The second kappa shape index (κ2) is 10.3. The van der Waals surface area contributed by atoms with Gasteiger partial charge in [-0.3, -0.25) is 9.59 Å². The van der Waals surface area contributed by atoms with Gasteiger partial charge in [-0.05, 0) is 85.0 Å². The lowest BCUT2D eigenvalue weighted by Gasteiger charge is -2.40. The van der Waals surface area contributed by atoms with Gasteiger partial charge in [0.2, 0.25) is 5.91 Å². The van der Waals surface area contributed by atoms with E-state index in [2.05, 4.69) is 32.2 Å². The van der Waals surface area contributed by atoms with Crippen LogP contribution in [0.25, 0.3) is 0 Å². The van der Waals surface area contributed by atoms with E-state index < -0.39 is 5.54 Å². The fourth-order valence-electron chi connectivity index (χ4n) is 4.84. The van der Waals surface area contributed by atoms with Crippen LogP contribution in [-0.4, -0.2) is 47.4 Å². The van der Waals surface area contributed by atoms with Gasteiger partial charge in [-0.1, -0.05) is 45.0 Å². The van der Waals surface area contributed by atoms with E-state index in [1.54, 1.807) is 23.3 Å². The smallest absolute Gasteiger partial charge is 0.254 e. The highest BCUT2D eigenvalue weighted by Gasteiger charge is 2.36. The summed E-state index contributed by atoms with van der Waals surface area (Å²) in [6.45, 7) is 13.1. The summed E-state index contributed by atoms with van der Waals surface area (Å²) in [5, 5.41) is 2.10. The van der Waals surface area contributed by atoms with E-state index >= 15 is 0 Å². The van der Waals surface area contributed by atoms with Gasteiger partial charge in [-0.2, -0.15) is 0 Å². The Hall–Kier alpha value is -3.12. The molecule has 37 heavy (non-hydrogen) atoms. The minimum Gasteiger partial charge on any atom is -0.497 e. The Morgan fingerprint density at radius 1 is 0.973 bits per heavy atom. The van der Waals surface area contributed by atoms with Crippen molar-refractivity contribution in [1.29, 1.82) is 0 Å². The van der Waals surface area contributed by atoms with Crippen molar-refractivity contribution in [2.24, 2.45) is 0 Å². The minimum absolute atomic E-state index is 0.00645. The van der Waals surface area contributed by atoms with Crippen LogP contribution in [0, 0.1) is 0 Å². The summed E-state index contributed by atoms with van der Waals surface area (Å²) in [4.78, 5) is 32.6. The van der Waals surface area contributed by atoms with E-state index in [0.717, 1.165) is 17.7 Å². The molecule has 1 aliphatic rings. The number of hydrogen-bond donors (Lipinski definition) is 0. The summed E-state index contributed by atoms with van der Waals surface area (Å²) in [7, 11) is 1.65. The Bertz CT molecular complexity index is 1250. The molecule has 1 aromatic heterocycles. The number of amides is 2. The summed E-state index contributed by atoms with van der Waals surface area (Å²) in [5.41, 5.74) is 3.47. The number of methoxy groups -OCH3 is 1. The number of carbonyl (C=O) groups is 2. The molecule has 5 nitrogen and oxygen atoms in total. The van der Waals surface area contributed by atoms with E-state index in [4.69, 9.17) is 4.74 Å². The van der Waals surface area contributed by atoms with Gasteiger partial charge in [0.05, 0.1) is 13.2 Å². The zero-order valence-corrected chi connectivity index (χ0v) is 23.8. The van der Waals surface area contributed by atoms with Gasteiger partial charge >= 0.3 is 0 Å². The lowest BCUT2D eigenvalue weighted by molar-refractivity contribution is -0.135. The van der Waals surface area contributed by atoms with Crippen molar-refractivity contribution < 1.29 is 14.3 Å². The number of fused-ring (bicyclic) bond motifs is 1. The number of carbonyl (C=O) groups excluding carboxylic acids is 2. The lowest BCUT2D eigenvalue weighted by atomic mass is 9.86. The third-order valence-electron chi connectivity index (χ3n) is 7.06. The van der Waals surface area contributed by atoms with E-state index in [1.807, 2.05) is 74.2 Å². The van der Waals surface area contributed by atoms with Crippen LogP contribution >= 0.6 is 11.3 Å². The van der Waals surface area contributed by atoms with Gasteiger partial charge in [0.15, 0.2) is 0 Å². The fourth-order valence-corrected chi connectivity index (χ4v) is 5.74. The van der Waals surface area contributed by atoms with Crippen molar-refractivity contribution in [2.45, 2.75) is 65.0 Å². The number of nitrogens with zero attached hydrogens (tertiary/aromatic N) is 2. The quantitative estimate of drug-likeness (QED) is 0.389. The van der Waals surface area contributed by atoms with Crippen LogP contribution in [0.15, 0.2) is 60.0 Å². The van der Waals surface area contributed by atoms with Crippen molar-refractivity contribution >= 4 is 23.2 Å². The topological polar surface area (TPSA) is 49.9 Å². The largest absolute Gasteiger partial charge is 0.497 e. The molecule has 1 unspecified atom stereocenters. The van der Waals surface area contributed by atoms with Crippen molar-refractivity contribution in [2.75, 3.05) is 20.2 Å². The standard InChI is InChI=1S/C31H38N2O3S/c1-30(2,3)23-12-8-22(9-13-23)29(35)33(31(4,5)6)20-27(34)32-18-16-26-25(17-19-37-26)28(32)21-10-14-24(36-7)15-11-21/h8-15,17,19,28H,16,18,20H2,1-7H3. The monoisotopic (exact) mass is 518 g/mol. The molecule has 0 N–H and O–H groups in total. The molecule has 2 amide bonds. The lowest BCUT2D eigenvalue weighted by Crippen LogP contribution is -2.52. The molecular weight excluding hydrogens is 480 g/mol. The molecule has 0 radical (unpaired) electrons. The summed E-state index contributed by atoms with van der Waals surface area (Å²) in [6.07, 6.45) is 0.823. The van der Waals surface area contributed by atoms with Crippen LogP contribution in [0.3, 0.4) is 0 Å². The van der Waals surface area contributed by atoms with Gasteiger partial charge in [-0.25, -0.2) is 0 Å². The molecule has 3 aromatic rings. The summed E-state index contributed by atoms with van der Waals surface area (Å²) < 4.78 is 5.35. The van der Waals surface area contributed by atoms with Crippen molar-refractivity contribution in [1.82, 2.24) is 9.80 Å². The summed E-state index contributed by atoms with van der Waals surface area (Å²) >= 11 is 1.74. The third kappa shape index (κ3) is 5.74. The molecular formula is C31H38N2O3S. The first kappa shape index (κ1) is 26.9. The van der Waals surface area contributed by atoms with Crippen molar-refractivity contribution in [3.05, 3.63) is 87.1 Å². The number of ether oxygens (including phenoxy) is 1. The fraction of sp³-hybridized carbons (Fsp3) is 0.419. The van der Waals surface area contributed by atoms with Gasteiger partial charge in [0.25, 0.3) is 5.91 Å². The maximum absolute atomic E-state index is 13.9. The highest BCUT2D eigenvalue weighted by molar-refractivity contribution is 7.10. The molecule has 0 bridgehead atoms. The molecule has 0 saturated carbocycles. The number of thiophene rings is 1. The molecule has 0 saturated heterocycles. The molecule has 1 aliphatic heterocycles.